The first kappa shape index (κ1) is 11.5. The van der Waals surface area contributed by atoms with Crippen LogP contribution >= 0.6 is 15.9 Å². The van der Waals surface area contributed by atoms with Crippen molar-refractivity contribution in [2.45, 2.75) is 24.4 Å². The highest BCUT2D eigenvalue weighted by Crippen LogP contribution is 2.47. The van der Waals surface area contributed by atoms with Gasteiger partial charge in [0.2, 0.25) is 0 Å². The van der Waals surface area contributed by atoms with Gasteiger partial charge in [-0.15, -0.1) is 0 Å². The lowest BCUT2D eigenvalue weighted by molar-refractivity contribution is -0.153. The molecule has 86 valence electrons. The minimum Gasteiger partial charge on any atom is -0.481 e. The van der Waals surface area contributed by atoms with Gasteiger partial charge >= 0.3 is 5.97 Å². The van der Waals surface area contributed by atoms with Crippen molar-refractivity contribution in [1.82, 2.24) is 0 Å². The van der Waals surface area contributed by atoms with E-state index in [1.807, 2.05) is 0 Å². The van der Waals surface area contributed by atoms with E-state index in [-0.39, 0.29) is 18.4 Å². The minimum absolute atomic E-state index is 0.0574. The first-order chi connectivity index (χ1) is 7.47. The fourth-order valence-electron chi connectivity index (χ4n) is 2.19. The number of aliphatic hydroxyl groups excluding tert-OH is 1. The van der Waals surface area contributed by atoms with E-state index in [0.29, 0.717) is 4.47 Å². The van der Waals surface area contributed by atoms with E-state index in [1.54, 1.807) is 6.07 Å². The first-order valence-corrected chi connectivity index (χ1v) is 5.62. The maximum atomic E-state index is 13.7. The lowest BCUT2D eigenvalue weighted by Gasteiger charge is -2.42. The van der Waals surface area contributed by atoms with Crippen LogP contribution in [0.15, 0.2) is 22.7 Å². The lowest BCUT2D eigenvalue weighted by atomic mass is 9.62. The molecule has 1 aliphatic carbocycles. The van der Waals surface area contributed by atoms with Gasteiger partial charge in [0.05, 0.1) is 6.10 Å². The molecule has 0 aliphatic heterocycles. The van der Waals surface area contributed by atoms with Crippen LogP contribution in [-0.4, -0.2) is 22.3 Å². The van der Waals surface area contributed by atoms with Crippen molar-refractivity contribution in [2.75, 3.05) is 0 Å². The van der Waals surface area contributed by atoms with Crippen molar-refractivity contribution in [3.8, 4) is 0 Å². The van der Waals surface area contributed by atoms with E-state index in [2.05, 4.69) is 15.9 Å². The van der Waals surface area contributed by atoms with E-state index in [0.717, 1.165) is 0 Å². The summed E-state index contributed by atoms with van der Waals surface area (Å²) in [5, 5.41) is 18.5. The van der Waals surface area contributed by atoms with Gasteiger partial charge in [0.15, 0.2) is 0 Å². The Kier molecular flexibility index (Phi) is 2.75. The third-order valence-electron chi connectivity index (χ3n) is 3.02. The molecule has 16 heavy (non-hydrogen) atoms. The van der Waals surface area contributed by atoms with Crippen LogP contribution in [0.5, 0.6) is 0 Å². The summed E-state index contributed by atoms with van der Waals surface area (Å²) >= 11 is 3.16. The van der Waals surface area contributed by atoms with Crippen LogP contribution in [0.3, 0.4) is 0 Å². The third-order valence-corrected chi connectivity index (χ3v) is 3.68. The standard InChI is InChI=1S/C11H10BrFO3/c12-7-2-1-3-8(13)9(7)11(10(15)16)4-6(14)5-11/h1-3,6,14H,4-5H2,(H,15,16). The van der Waals surface area contributed by atoms with E-state index in [1.165, 1.54) is 12.1 Å². The lowest BCUT2D eigenvalue weighted by Crippen LogP contribution is -2.51. The molecule has 1 fully saturated rings. The zero-order valence-corrected chi connectivity index (χ0v) is 9.87. The highest BCUT2D eigenvalue weighted by molar-refractivity contribution is 9.10. The van der Waals surface area contributed by atoms with Crippen molar-refractivity contribution in [1.29, 1.82) is 0 Å². The predicted octanol–water partition coefficient (Wildman–Crippen LogP) is 2.07. The second-order valence-electron chi connectivity index (χ2n) is 4.05. The molecule has 0 bridgehead atoms. The van der Waals surface area contributed by atoms with Crippen LogP contribution in [0.2, 0.25) is 0 Å². The number of carbonyl (C=O) groups is 1. The molecule has 0 amide bonds. The van der Waals surface area contributed by atoms with Crippen LogP contribution in [0.1, 0.15) is 18.4 Å². The molecule has 0 unspecified atom stereocenters. The minimum atomic E-state index is -1.29. The van der Waals surface area contributed by atoms with Crippen molar-refractivity contribution in [3.63, 3.8) is 0 Å². The van der Waals surface area contributed by atoms with Gasteiger partial charge < -0.3 is 10.2 Å². The summed E-state index contributed by atoms with van der Waals surface area (Å²) in [7, 11) is 0. The molecule has 0 spiro atoms. The van der Waals surface area contributed by atoms with Gasteiger partial charge in [-0.25, -0.2) is 4.39 Å². The van der Waals surface area contributed by atoms with Crippen LogP contribution in [-0.2, 0) is 10.2 Å². The maximum Gasteiger partial charge on any atom is 0.314 e. The van der Waals surface area contributed by atoms with Gasteiger partial charge in [0.25, 0.3) is 0 Å². The average molecular weight is 289 g/mol. The van der Waals surface area contributed by atoms with Gasteiger partial charge in [-0.05, 0) is 25.0 Å². The molecule has 0 saturated heterocycles. The fourth-order valence-corrected chi connectivity index (χ4v) is 2.91. The van der Waals surface area contributed by atoms with Gasteiger partial charge in [-0.2, -0.15) is 0 Å². The van der Waals surface area contributed by atoms with Gasteiger partial charge in [0, 0.05) is 10.0 Å². The number of halogens is 2. The molecule has 0 atom stereocenters. The van der Waals surface area contributed by atoms with E-state index in [4.69, 9.17) is 0 Å². The number of aliphatic hydroxyl groups is 1. The van der Waals surface area contributed by atoms with Gasteiger partial charge in [0.1, 0.15) is 11.2 Å². The second kappa shape index (κ2) is 3.82. The zero-order chi connectivity index (χ0) is 11.9. The zero-order valence-electron chi connectivity index (χ0n) is 8.28. The molecule has 1 saturated carbocycles. The molecule has 3 nitrogen and oxygen atoms in total. The van der Waals surface area contributed by atoms with Crippen molar-refractivity contribution in [3.05, 3.63) is 34.1 Å². The Labute approximate surface area is 100 Å². The molecule has 2 rings (SSSR count). The summed E-state index contributed by atoms with van der Waals surface area (Å²) < 4.78 is 14.1. The summed E-state index contributed by atoms with van der Waals surface area (Å²) in [6.45, 7) is 0. The molecule has 5 heteroatoms. The van der Waals surface area contributed by atoms with Gasteiger partial charge in [-0.3, -0.25) is 4.79 Å². The Morgan fingerprint density at radius 3 is 2.56 bits per heavy atom. The molecule has 0 aromatic heterocycles. The fraction of sp³-hybridized carbons (Fsp3) is 0.364. The quantitative estimate of drug-likeness (QED) is 0.876. The highest BCUT2D eigenvalue weighted by Gasteiger charge is 2.53. The molecular weight excluding hydrogens is 279 g/mol. The van der Waals surface area contributed by atoms with Crippen LogP contribution in [0.4, 0.5) is 4.39 Å². The molecule has 1 aromatic carbocycles. The Bertz CT molecular complexity index is 421. The second-order valence-corrected chi connectivity index (χ2v) is 4.90. The third kappa shape index (κ3) is 1.55. The number of hydrogen-bond donors (Lipinski definition) is 2. The monoisotopic (exact) mass is 288 g/mol. The van der Waals surface area contributed by atoms with Crippen LogP contribution in [0.25, 0.3) is 0 Å². The summed E-state index contributed by atoms with van der Waals surface area (Å²) in [4.78, 5) is 11.3. The number of benzene rings is 1. The Morgan fingerprint density at radius 1 is 1.50 bits per heavy atom. The van der Waals surface area contributed by atoms with Crippen molar-refractivity contribution in [2.24, 2.45) is 0 Å². The number of rotatable bonds is 2. The molecule has 1 aromatic rings. The molecule has 0 heterocycles. The van der Waals surface area contributed by atoms with Crippen molar-refractivity contribution < 1.29 is 19.4 Å². The smallest absolute Gasteiger partial charge is 0.314 e. The maximum absolute atomic E-state index is 13.7. The SMILES string of the molecule is O=C(O)C1(c2c(F)cccc2Br)CC(O)C1. The van der Waals surface area contributed by atoms with E-state index in [9.17, 15) is 19.4 Å². The molecule has 0 radical (unpaired) electrons. The Hall–Kier alpha value is -0.940. The topological polar surface area (TPSA) is 57.5 Å². The number of carboxylic acids is 1. The first-order valence-electron chi connectivity index (χ1n) is 4.83. The largest absolute Gasteiger partial charge is 0.481 e. The average Bonchev–Trinajstić information content (AvgIpc) is 2.13. The van der Waals surface area contributed by atoms with Crippen LogP contribution < -0.4 is 0 Å². The Morgan fingerprint density at radius 2 is 2.12 bits per heavy atom. The summed E-state index contributed by atoms with van der Waals surface area (Å²) in [6.07, 6.45) is -0.549. The predicted molar refractivity (Wildman–Crippen MR) is 58.7 cm³/mol. The van der Waals surface area contributed by atoms with E-state index < -0.39 is 23.3 Å². The van der Waals surface area contributed by atoms with Crippen molar-refractivity contribution >= 4 is 21.9 Å². The Balaban J connectivity index is 2.53. The number of aliphatic carboxylic acids is 1. The summed E-state index contributed by atoms with van der Waals surface area (Å²) in [5.41, 5.74) is -1.16. The summed E-state index contributed by atoms with van der Waals surface area (Å²) in [6, 6.07) is 4.34. The summed E-state index contributed by atoms with van der Waals surface area (Å²) in [5.74, 6) is -1.65. The highest BCUT2D eigenvalue weighted by atomic mass is 79.9. The van der Waals surface area contributed by atoms with Crippen LogP contribution in [0, 0.1) is 5.82 Å². The molecule has 1 aliphatic rings. The normalized spacial score (nSPS) is 28.6. The molecule has 2 N–H and O–H groups in total. The molecular formula is C11H10BrFO3. The van der Waals surface area contributed by atoms with E-state index >= 15 is 0 Å². The number of carboxylic acid groups (broad SMARTS) is 1. The number of hydrogen-bond acceptors (Lipinski definition) is 2. The van der Waals surface area contributed by atoms with Gasteiger partial charge in [-0.1, -0.05) is 22.0 Å².